The lowest BCUT2D eigenvalue weighted by Crippen LogP contribution is -2.31. The molecular formula is C13H19N3O2S. The van der Waals surface area contributed by atoms with Crippen LogP contribution in [-0.2, 0) is 9.59 Å². The third-order valence-electron chi connectivity index (χ3n) is 3.24. The minimum Gasteiger partial charge on any atom is -0.355 e. The van der Waals surface area contributed by atoms with E-state index in [2.05, 4.69) is 15.6 Å². The van der Waals surface area contributed by atoms with E-state index in [1.165, 1.54) is 11.3 Å². The second-order valence-electron chi connectivity index (χ2n) is 4.85. The smallest absolute Gasteiger partial charge is 0.227 e. The Bertz CT molecular complexity index is 452. The van der Waals surface area contributed by atoms with Crippen LogP contribution < -0.4 is 10.6 Å². The summed E-state index contributed by atoms with van der Waals surface area (Å²) in [5.74, 6) is 0.140. The highest BCUT2D eigenvalue weighted by molar-refractivity contribution is 7.15. The molecule has 0 atom stereocenters. The molecule has 1 heterocycles. The van der Waals surface area contributed by atoms with Crippen LogP contribution in [0.2, 0.25) is 0 Å². The summed E-state index contributed by atoms with van der Waals surface area (Å²) in [6.07, 6.45) is 6.26. The zero-order chi connectivity index (χ0) is 13.7. The first-order valence-electron chi connectivity index (χ1n) is 6.65. The number of nitrogens with one attached hydrogen (secondary N) is 2. The molecular weight excluding hydrogens is 262 g/mol. The monoisotopic (exact) mass is 281 g/mol. The Morgan fingerprint density at radius 1 is 1.42 bits per heavy atom. The average molecular weight is 281 g/mol. The molecule has 1 aromatic rings. The molecule has 0 aliphatic heterocycles. The third kappa shape index (κ3) is 4.31. The number of carbonyl (C=O) groups is 2. The van der Waals surface area contributed by atoms with E-state index >= 15 is 0 Å². The van der Waals surface area contributed by atoms with E-state index in [1.54, 1.807) is 6.20 Å². The van der Waals surface area contributed by atoms with Gasteiger partial charge in [0.25, 0.3) is 0 Å². The van der Waals surface area contributed by atoms with Gasteiger partial charge in [-0.15, -0.1) is 11.3 Å². The fourth-order valence-electron chi connectivity index (χ4n) is 2.23. The lowest BCUT2D eigenvalue weighted by Gasteiger charge is -2.09. The van der Waals surface area contributed by atoms with Crippen molar-refractivity contribution in [3.8, 4) is 0 Å². The maximum Gasteiger partial charge on any atom is 0.227 e. The van der Waals surface area contributed by atoms with Gasteiger partial charge in [-0.25, -0.2) is 4.98 Å². The molecule has 104 valence electrons. The molecule has 6 heteroatoms. The Balaban J connectivity index is 1.65. The van der Waals surface area contributed by atoms with Crippen LogP contribution in [0.25, 0.3) is 0 Å². The number of hydrogen-bond donors (Lipinski definition) is 2. The van der Waals surface area contributed by atoms with E-state index in [0.29, 0.717) is 11.7 Å². The van der Waals surface area contributed by atoms with Gasteiger partial charge in [-0.1, -0.05) is 12.8 Å². The summed E-state index contributed by atoms with van der Waals surface area (Å²) in [5, 5.41) is 6.17. The van der Waals surface area contributed by atoms with Gasteiger partial charge in [0.05, 0.1) is 0 Å². The standard InChI is InChI=1S/C13H19N3O2S/c1-9-8-15-13(19-9)16-11(17)6-7-14-12(18)10-4-2-3-5-10/h8,10H,2-7H2,1H3,(H,14,18)(H,15,16,17). The van der Waals surface area contributed by atoms with Crippen molar-refractivity contribution in [1.29, 1.82) is 0 Å². The SMILES string of the molecule is Cc1cnc(NC(=O)CCNC(=O)C2CCCC2)s1. The Morgan fingerprint density at radius 3 is 2.79 bits per heavy atom. The zero-order valence-corrected chi connectivity index (χ0v) is 11.9. The normalized spacial score (nSPS) is 15.4. The minimum absolute atomic E-state index is 0.0930. The van der Waals surface area contributed by atoms with Gasteiger partial charge in [-0.05, 0) is 19.8 Å². The van der Waals surface area contributed by atoms with Crippen molar-refractivity contribution in [1.82, 2.24) is 10.3 Å². The molecule has 0 radical (unpaired) electrons. The number of rotatable bonds is 5. The molecule has 2 N–H and O–H groups in total. The zero-order valence-electron chi connectivity index (χ0n) is 11.1. The molecule has 0 saturated heterocycles. The van der Waals surface area contributed by atoms with E-state index < -0.39 is 0 Å². The van der Waals surface area contributed by atoms with E-state index in [1.807, 2.05) is 6.92 Å². The van der Waals surface area contributed by atoms with Crippen LogP contribution in [0, 0.1) is 12.8 Å². The van der Waals surface area contributed by atoms with Crippen molar-refractivity contribution in [2.45, 2.75) is 39.0 Å². The number of thiazole rings is 1. The topological polar surface area (TPSA) is 71.1 Å². The summed E-state index contributed by atoms with van der Waals surface area (Å²) in [7, 11) is 0. The third-order valence-corrected chi connectivity index (χ3v) is 4.07. The van der Waals surface area contributed by atoms with Crippen LogP contribution in [-0.4, -0.2) is 23.3 Å². The lowest BCUT2D eigenvalue weighted by molar-refractivity contribution is -0.124. The molecule has 0 unspecified atom stereocenters. The largest absolute Gasteiger partial charge is 0.355 e. The molecule has 1 aromatic heterocycles. The quantitative estimate of drug-likeness (QED) is 0.868. The molecule has 19 heavy (non-hydrogen) atoms. The number of aromatic nitrogens is 1. The lowest BCUT2D eigenvalue weighted by atomic mass is 10.1. The van der Waals surface area contributed by atoms with Crippen molar-refractivity contribution < 1.29 is 9.59 Å². The van der Waals surface area contributed by atoms with Crippen molar-refractivity contribution >= 4 is 28.3 Å². The van der Waals surface area contributed by atoms with Gasteiger partial charge in [-0.2, -0.15) is 0 Å². The van der Waals surface area contributed by atoms with Crippen molar-refractivity contribution in [2.75, 3.05) is 11.9 Å². The number of aryl methyl sites for hydroxylation is 1. The van der Waals surface area contributed by atoms with Crippen molar-refractivity contribution in [3.05, 3.63) is 11.1 Å². The average Bonchev–Trinajstić information content (AvgIpc) is 3.00. The number of hydrogen-bond acceptors (Lipinski definition) is 4. The molecule has 1 aliphatic carbocycles. The Hall–Kier alpha value is -1.43. The van der Waals surface area contributed by atoms with Crippen molar-refractivity contribution in [3.63, 3.8) is 0 Å². The van der Waals surface area contributed by atoms with Gasteiger partial charge in [0.2, 0.25) is 11.8 Å². The molecule has 5 nitrogen and oxygen atoms in total. The molecule has 0 bridgehead atoms. The molecule has 2 rings (SSSR count). The van der Waals surface area contributed by atoms with Crippen LogP contribution in [0.1, 0.15) is 37.0 Å². The van der Waals surface area contributed by atoms with Crippen LogP contribution in [0.3, 0.4) is 0 Å². The summed E-state index contributed by atoms with van der Waals surface area (Å²) in [4.78, 5) is 28.5. The van der Waals surface area contributed by atoms with Crippen LogP contribution in [0.15, 0.2) is 6.20 Å². The first kappa shape index (κ1) is 14.0. The first-order valence-corrected chi connectivity index (χ1v) is 7.47. The van der Waals surface area contributed by atoms with Gasteiger partial charge in [0, 0.05) is 30.0 Å². The molecule has 2 amide bonds. The minimum atomic E-state index is -0.110. The Kier molecular flexibility index (Phi) is 4.90. The van der Waals surface area contributed by atoms with Crippen LogP contribution in [0.5, 0.6) is 0 Å². The molecule has 1 aliphatic rings. The Morgan fingerprint density at radius 2 is 2.16 bits per heavy atom. The molecule has 0 spiro atoms. The van der Waals surface area contributed by atoms with Gasteiger partial charge in [-0.3, -0.25) is 9.59 Å². The first-order chi connectivity index (χ1) is 9.15. The number of amides is 2. The van der Waals surface area contributed by atoms with E-state index in [4.69, 9.17) is 0 Å². The highest BCUT2D eigenvalue weighted by Crippen LogP contribution is 2.24. The maximum atomic E-state index is 11.7. The summed E-state index contributed by atoms with van der Waals surface area (Å²) in [5.41, 5.74) is 0. The second-order valence-corrected chi connectivity index (χ2v) is 6.08. The summed E-state index contributed by atoms with van der Waals surface area (Å²) in [6, 6.07) is 0. The van der Waals surface area contributed by atoms with Gasteiger partial charge in [0.1, 0.15) is 0 Å². The van der Waals surface area contributed by atoms with E-state index in [9.17, 15) is 9.59 Å². The number of nitrogens with zero attached hydrogens (tertiary/aromatic N) is 1. The van der Waals surface area contributed by atoms with Gasteiger partial charge < -0.3 is 10.6 Å². The molecule has 0 aromatic carbocycles. The maximum absolute atomic E-state index is 11.7. The van der Waals surface area contributed by atoms with E-state index in [0.717, 1.165) is 30.6 Å². The van der Waals surface area contributed by atoms with E-state index in [-0.39, 0.29) is 24.2 Å². The number of anilines is 1. The summed E-state index contributed by atoms with van der Waals surface area (Å²) < 4.78 is 0. The molecule has 1 saturated carbocycles. The fourth-order valence-corrected chi connectivity index (χ4v) is 2.91. The second kappa shape index (κ2) is 6.65. The highest BCUT2D eigenvalue weighted by atomic mass is 32.1. The van der Waals surface area contributed by atoms with Gasteiger partial charge >= 0.3 is 0 Å². The van der Waals surface area contributed by atoms with Crippen molar-refractivity contribution in [2.24, 2.45) is 5.92 Å². The predicted octanol–water partition coefficient (Wildman–Crippen LogP) is 2.09. The van der Waals surface area contributed by atoms with Crippen LogP contribution in [0.4, 0.5) is 5.13 Å². The van der Waals surface area contributed by atoms with Crippen LogP contribution >= 0.6 is 11.3 Å². The summed E-state index contributed by atoms with van der Waals surface area (Å²) in [6.45, 7) is 2.33. The van der Waals surface area contributed by atoms with Gasteiger partial charge in [0.15, 0.2) is 5.13 Å². The Labute approximate surface area is 116 Å². The highest BCUT2D eigenvalue weighted by Gasteiger charge is 2.22. The predicted molar refractivity (Wildman–Crippen MR) is 75.1 cm³/mol. The summed E-state index contributed by atoms with van der Waals surface area (Å²) >= 11 is 1.45. The number of carbonyl (C=O) groups excluding carboxylic acids is 2. The fraction of sp³-hybridized carbons (Fsp3) is 0.615. The molecule has 1 fully saturated rings.